The fourth-order valence-electron chi connectivity index (χ4n) is 10.4. The van der Waals surface area contributed by atoms with Crippen molar-refractivity contribution in [1.29, 1.82) is 10.5 Å². The normalized spacial score (nSPS) is 19.0. The first-order chi connectivity index (χ1) is 43.5. The van der Waals surface area contributed by atoms with Gasteiger partial charge in [-0.05, 0) is 87.0 Å². The number of carbonyl (C=O) groups is 2. The first-order valence-electron chi connectivity index (χ1n) is 29.1. The maximum atomic E-state index is 13.7. The smallest absolute Gasteiger partial charge is 0.333 e. The van der Waals surface area contributed by atoms with Gasteiger partial charge in [-0.2, -0.15) is 26.8 Å². The number of amides is 2. The Kier molecular flexibility index (Phi) is 23.3. The molecule has 7 aromatic rings. The van der Waals surface area contributed by atoms with Crippen LogP contribution < -0.4 is 36.9 Å². The summed E-state index contributed by atoms with van der Waals surface area (Å²) in [6.07, 6.45) is -2.68. The summed E-state index contributed by atoms with van der Waals surface area (Å²) in [6.45, 7) is 9.15. The van der Waals surface area contributed by atoms with Crippen molar-refractivity contribution in [2.24, 2.45) is 0 Å². The molecule has 0 bridgehead atoms. The van der Waals surface area contributed by atoms with E-state index in [0.717, 1.165) is 16.7 Å². The number of aromatic nitrogens is 6. The quantitative estimate of drug-likeness (QED) is 0.0179. The van der Waals surface area contributed by atoms with Gasteiger partial charge in [0, 0.05) is 60.6 Å². The number of methoxy groups -OCH3 is 2. The minimum absolute atomic E-state index is 0.0106. The average molecular weight is 1290 g/mol. The topological polar surface area (TPSA) is 320 Å². The molecule has 2 amide bonds. The predicted molar refractivity (Wildman–Crippen MR) is 333 cm³/mol. The largest absolute Gasteiger partial charge is 0.497 e. The number of fused-ring (bicyclic) bond motifs is 1. The first kappa shape index (κ1) is 66.8. The van der Waals surface area contributed by atoms with Crippen LogP contribution in [0.15, 0.2) is 123 Å². The van der Waals surface area contributed by atoms with Crippen molar-refractivity contribution in [1.82, 2.24) is 39.1 Å². The van der Waals surface area contributed by atoms with Gasteiger partial charge in [-0.25, -0.2) is 14.4 Å². The lowest BCUT2D eigenvalue weighted by Gasteiger charge is -2.37. The van der Waals surface area contributed by atoms with Gasteiger partial charge in [0.1, 0.15) is 41.8 Å². The highest BCUT2D eigenvalue weighted by atomic mass is 32.1. The van der Waals surface area contributed by atoms with Crippen molar-refractivity contribution in [2.45, 2.75) is 121 Å². The van der Waals surface area contributed by atoms with Gasteiger partial charge in [0.15, 0.2) is 11.2 Å². The molecule has 2 fully saturated rings. The molecular weight excluding hydrogens is 1220 g/mol. The van der Waals surface area contributed by atoms with E-state index in [9.17, 15) is 34.5 Å². The van der Waals surface area contributed by atoms with Crippen molar-refractivity contribution < 1.29 is 55.9 Å². The van der Waals surface area contributed by atoms with Crippen molar-refractivity contribution in [3.63, 3.8) is 0 Å². The van der Waals surface area contributed by atoms with Crippen molar-refractivity contribution in [2.75, 3.05) is 52.5 Å². The van der Waals surface area contributed by atoms with Crippen LogP contribution >= 0.6 is 28.5 Å². The highest BCUT2D eigenvalue weighted by Gasteiger charge is 2.46. The molecule has 9 rings (SSSR count). The summed E-state index contributed by atoms with van der Waals surface area (Å²) in [5.74, 6) is 0.191. The Hall–Kier alpha value is -7.59. The van der Waals surface area contributed by atoms with Crippen molar-refractivity contribution >= 4 is 57.4 Å². The van der Waals surface area contributed by atoms with Gasteiger partial charge in [-0.15, -0.1) is 0 Å². The van der Waals surface area contributed by atoms with Crippen LogP contribution in [0.25, 0.3) is 11.2 Å². The second kappa shape index (κ2) is 31.4. The highest BCUT2D eigenvalue weighted by Crippen LogP contribution is 2.52. The van der Waals surface area contributed by atoms with E-state index in [4.69, 9.17) is 46.3 Å². The number of hydrogen-bond donors (Lipinski definition) is 4. The molecule has 2 aliphatic heterocycles. The second-order valence-corrected chi connectivity index (χ2v) is 24.8. The van der Waals surface area contributed by atoms with Crippen molar-refractivity contribution in [3.05, 3.63) is 167 Å². The van der Waals surface area contributed by atoms with Gasteiger partial charge in [0.25, 0.3) is 25.6 Å². The van der Waals surface area contributed by atoms with E-state index in [1.807, 2.05) is 107 Å². The van der Waals surface area contributed by atoms with Crippen LogP contribution in [0.3, 0.4) is 0 Å². The molecule has 2 aliphatic rings. The summed E-state index contributed by atoms with van der Waals surface area (Å²) in [5, 5.41) is 28.1. The Morgan fingerprint density at radius 1 is 0.789 bits per heavy atom. The SMILES string of the molecule is COc1ccc(C(OCC2OC(n3cnc4c(=O)[nH]c(NC(=O)CCNC(=O)c5ccsc5)nc43)CC2OP(OCCC#N)OCC2OC(n3cc(C)c(=O)[nH]c3=O)CC2OP(OCCC#N)N(C(C)C)C(C)C)(c2ccccc2)c2ccc(OC)cc2)cc1. The lowest BCUT2D eigenvalue weighted by molar-refractivity contribution is -0.116. The molecule has 2 saturated heterocycles. The number of nitrogens with zero attached hydrogens (tertiary/aromatic N) is 7. The molecule has 90 heavy (non-hydrogen) atoms. The summed E-state index contributed by atoms with van der Waals surface area (Å²) in [4.78, 5) is 79.5. The minimum atomic E-state index is -2.43. The summed E-state index contributed by atoms with van der Waals surface area (Å²) >= 11 is 1.37. The third-order valence-electron chi connectivity index (χ3n) is 14.7. The summed E-state index contributed by atoms with van der Waals surface area (Å²) in [6, 6.07) is 30.5. The molecular formula is C61H71N11O15P2S. The Bertz CT molecular complexity index is 3730. The third-order valence-corrected chi connectivity index (χ3v) is 18.8. The third kappa shape index (κ3) is 16.1. The van der Waals surface area contributed by atoms with E-state index in [1.54, 1.807) is 42.5 Å². The number of nitriles is 2. The maximum absolute atomic E-state index is 13.7. The number of H-pyrrole nitrogens is 2. The molecule has 0 saturated carbocycles. The molecule has 0 radical (unpaired) electrons. The molecule has 26 nitrogen and oxygen atoms in total. The monoisotopic (exact) mass is 1290 g/mol. The first-order valence-corrected chi connectivity index (χ1v) is 32.2. The Morgan fingerprint density at radius 3 is 2.01 bits per heavy atom. The number of imidazole rings is 1. The predicted octanol–water partition coefficient (Wildman–Crippen LogP) is 8.62. The van der Waals surface area contributed by atoms with Gasteiger partial charge in [-0.1, -0.05) is 54.6 Å². The van der Waals surface area contributed by atoms with Crippen LogP contribution in [-0.4, -0.2) is 129 Å². The molecule has 0 aliphatic carbocycles. The summed E-state index contributed by atoms with van der Waals surface area (Å²) < 4.78 is 70.2. The number of aryl methyl sites for hydroxylation is 1. The van der Waals surface area contributed by atoms with Gasteiger partial charge in [-0.3, -0.25) is 43.6 Å². The van der Waals surface area contributed by atoms with Crippen LogP contribution in [-0.2, 0) is 47.2 Å². The highest BCUT2D eigenvalue weighted by molar-refractivity contribution is 7.44. The Labute approximate surface area is 525 Å². The number of aromatic amines is 2. The number of carbonyl (C=O) groups excluding carboxylic acids is 2. The number of benzene rings is 3. The lowest BCUT2D eigenvalue weighted by Crippen LogP contribution is -2.38. The van der Waals surface area contributed by atoms with Gasteiger partial charge in [0.05, 0.1) is 84.2 Å². The second-order valence-electron chi connectivity index (χ2n) is 21.4. The van der Waals surface area contributed by atoms with Gasteiger partial charge in [0.2, 0.25) is 11.9 Å². The number of hydrogen-bond acceptors (Lipinski definition) is 21. The number of ether oxygens (including phenoxy) is 5. The maximum Gasteiger partial charge on any atom is 0.333 e. The molecule has 8 atom stereocenters. The van der Waals surface area contributed by atoms with E-state index in [-0.39, 0.29) is 106 Å². The molecule has 3 aromatic carbocycles. The molecule has 4 aromatic heterocycles. The Balaban J connectivity index is 1.06. The molecule has 476 valence electrons. The van der Waals surface area contributed by atoms with Gasteiger partial charge >= 0.3 is 14.3 Å². The van der Waals surface area contributed by atoms with Crippen LogP contribution in [0.4, 0.5) is 5.95 Å². The molecule has 4 N–H and O–H groups in total. The van der Waals surface area contributed by atoms with Crippen LogP contribution in [0.1, 0.15) is 105 Å². The van der Waals surface area contributed by atoms with Crippen LogP contribution in [0.2, 0.25) is 0 Å². The molecule has 29 heteroatoms. The van der Waals surface area contributed by atoms with Crippen molar-refractivity contribution in [3.8, 4) is 23.6 Å². The zero-order valence-corrected chi connectivity index (χ0v) is 53.2. The van der Waals surface area contributed by atoms with E-state index >= 15 is 0 Å². The zero-order chi connectivity index (χ0) is 63.9. The van der Waals surface area contributed by atoms with Crippen LogP contribution in [0.5, 0.6) is 11.5 Å². The van der Waals surface area contributed by atoms with Crippen LogP contribution in [0, 0.1) is 29.6 Å². The van der Waals surface area contributed by atoms with E-state index < -0.39 is 82.3 Å². The molecule has 8 unspecified atom stereocenters. The number of anilines is 1. The van der Waals surface area contributed by atoms with E-state index in [1.165, 1.54) is 28.4 Å². The summed E-state index contributed by atoms with van der Waals surface area (Å²) in [7, 11) is -1.11. The number of rotatable bonds is 31. The van der Waals surface area contributed by atoms with Gasteiger partial charge < -0.3 is 51.6 Å². The fourth-order valence-corrected chi connectivity index (χ4v) is 14.0. The zero-order valence-electron chi connectivity index (χ0n) is 50.6. The molecule has 6 heterocycles. The Morgan fingerprint density at radius 2 is 1.40 bits per heavy atom. The average Bonchev–Trinajstić information content (AvgIpc) is 1.07. The number of thiophene rings is 1. The lowest BCUT2D eigenvalue weighted by atomic mass is 9.80. The number of nitrogens with one attached hydrogen (secondary N) is 4. The fraction of sp³-hybridized carbons (Fsp3) is 0.426. The minimum Gasteiger partial charge on any atom is -0.497 e. The summed E-state index contributed by atoms with van der Waals surface area (Å²) in [5.41, 5.74) is -0.248. The molecule has 0 spiro atoms. The standard InChI is InChI=1S/C61H71N11O15P2S/c1-38(2)72(39(3)4)88(81-28-11-25-62)86-47-31-52(70-33-40(5)56(74)69-60(70)77)85-50(47)35-83-89(82-29-12-26-63)87-48-32-53(71-37-65-54-55(71)67-59(68-58(54)76)66-51(73)23-27-64-57(75)41-24-30-90-36-41)84-49(48)34-80-61(42-13-9-8-10-14-42,43-15-19-45(78-6)20-16-43)44-17-21-46(79-7)22-18-44/h8-10,13-22,24,30,33,36-39,47-50,52-53H,11-12,23,27-29,31-32,34-35H2,1-7H3,(H,64,75)(H,69,74,77)(H2,66,67,68,73,76). The van der Waals surface area contributed by atoms with E-state index in [0.29, 0.717) is 17.1 Å². The van der Waals surface area contributed by atoms with E-state index in [2.05, 4.69) is 47.4 Å².